The van der Waals surface area contributed by atoms with Crippen LogP contribution in [0.3, 0.4) is 0 Å². The smallest absolute Gasteiger partial charge is 0.322 e. The molecule has 26 heavy (non-hydrogen) atoms. The van der Waals surface area contributed by atoms with Gasteiger partial charge in [-0.3, -0.25) is 5.10 Å². The summed E-state index contributed by atoms with van der Waals surface area (Å²) in [6.07, 6.45) is 3.10. The average molecular weight is 377 g/mol. The van der Waals surface area contributed by atoms with Crippen LogP contribution >= 0.6 is 0 Å². The van der Waals surface area contributed by atoms with Crippen molar-refractivity contribution in [3.63, 3.8) is 0 Å². The summed E-state index contributed by atoms with van der Waals surface area (Å²) in [6.45, 7) is 6.82. The summed E-state index contributed by atoms with van der Waals surface area (Å²) in [5, 5.41) is 9.13. The number of anilines is 1. The van der Waals surface area contributed by atoms with E-state index in [1.54, 1.807) is 11.1 Å². The van der Waals surface area contributed by atoms with Crippen molar-refractivity contribution in [1.82, 2.24) is 19.4 Å². The maximum Gasteiger partial charge on any atom is 0.322 e. The van der Waals surface area contributed by atoms with E-state index in [4.69, 9.17) is 0 Å². The lowest BCUT2D eigenvalue weighted by Crippen LogP contribution is -2.51. The number of carbonyl (C=O) groups is 1. The standard InChI is InChI=1S/C17H23N5O3S/c1-12-8-13(2)16(14(3)9-12)26(24,25)22-6-4-21(5-7-22)17(23)20-15-10-18-19-11-15/h8-11H,4-7H2,1-3H3,(H,18,19)(H,20,23). The number of sulfonamides is 1. The Morgan fingerprint density at radius 2 is 1.73 bits per heavy atom. The second kappa shape index (κ2) is 7.08. The highest BCUT2D eigenvalue weighted by atomic mass is 32.2. The summed E-state index contributed by atoms with van der Waals surface area (Å²) >= 11 is 0. The van der Waals surface area contributed by atoms with Gasteiger partial charge in [-0.1, -0.05) is 17.7 Å². The predicted octanol–water partition coefficient (Wildman–Crippen LogP) is 1.87. The van der Waals surface area contributed by atoms with Crippen molar-refractivity contribution in [2.75, 3.05) is 31.5 Å². The van der Waals surface area contributed by atoms with Crippen LogP contribution in [-0.4, -0.2) is 60.0 Å². The fourth-order valence-corrected chi connectivity index (χ4v) is 5.19. The quantitative estimate of drug-likeness (QED) is 0.853. The molecule has 0 atom stereocenters. The minimum absolute atomic E-state index is 0.258. The summed E-state index contributed by atoms with van der Waals surface area (Å²) in [5.74, 6) is 0. The summed E-state index contributed by atoms with van der Waals surface area (Å²) in [7, 11) is -3.58. The fourth-order valence-electron chi connectivity index (χ4n) is 3.36. The van der Waals surface area contributed by atoms with Crippen LogP contribution in [0, 0.1) is 20.8 Å². The second-order valence-electron chi connectivity index (χ2n) is 6.54. The number of benzene rings is 1. The number of aromatic amines is 1. The van der Waals surface area contributed by atoms with E-state index in [0.717, 1.165) is 16.7 Å². The normalized spacial score (nSPS) is 15.9. The number of H-pyrrole nitrogens is 1. The number of hydrogen-bond acceptors (Lipinski definition) is 4. The molecule has 1 fully saturated rings. The lowest BCUT2D eigenvalue weighted by molar-refractivity contribution is 0.184. The number of urea groups is 1. The first kappa shape index (κ1) is 18.4. The first-order valence-electron chi connectivity index (χ1n) is 8.42. The SMILES string of the molecule is Cc1cc(C)c(S(=O)(=O)N2CCN(C(=O)Nc3cn[nH]c3)CC2)c(C)c1. The van der Waals surface area contributed by atoms with Gasteiger partial charge in [0.1, 0.15) is 0 Å². The van der Waals surface area contributed by atoms with Crippen LogP contribution < -0.4 is 5.32 Å². The fraction of sp³-hybridized carbons (Fsp3) is 0.412. The molecule has 2 amide bonds. The van der Waals surface area contributed by atoms with Gasteiger partial charge in [0.15, 0.2) is 0 Å². The zero-order valence-electron chi connectivity index (χ0n) is 15.1. The van der Waals surface area contributed by atoms with Gasteiger partial charge in [0, 0.05) is 32.4 Å². The number of rotatable bonds is 3. The highest BCUT2D eigenvalue weighted by Crippen LogP contribution is 2.26. The van der Waals surface area contributed by atoms with Gasteiger partial charge in [0.05, 0.1) is 16.8 Å². The van der Waals surface area contributed by atoms with Crippen LogP contribution in [0.15, 0.2) is 29.4 Å². The Morgan fingerprint density at radius 1 is 1.12 bits per heavy atom. The minimum Gasteiger partial charge on any atom is -0.322 e. The molecule has 140 valence electrons. The maximum atomic E-state index is 13.1. The van der Waals surface area contributed by atoms with Crippen LogP contribution in [0.4, 0.5) is 10.5 Å². The summed E-state index contributed by atoms with van der Waals surface area (Å²) in [5.41, 5.74) is 3.13. The minimum atomic E-state index is -3.58. The molecule has 8 nitrogen and oxygen atoms in total. The van der Waals surface area contributed by atoms with E-state index >= 15 is 0 Å². The number of nitrogens with one attached hydrogen (secondary N) is 2. The predicted molar refractivity (Wildman–Crippen MR) is 98.6 cm³/mol. The van der Waals surface area contributed by atoms with E-state index in [1.807, 2.05) is 32.9 Å². The van der Waals surface area contributed by atoms with Crippen molar-refractivity contribution >= 4 is 21.7 Å². The maximum absolute atomic E-state index is 13.1. The number of hydrogen-bond donors (Lipinski definition) is 2. The molecule has 0 aliphatic carbocycles. The first-order valence-corrected chi connectivity index (χ1v) is 9.86. The number of amides is 2. The number of nitrogens with zero attached hydrogens (tertiary/aromatic N) is 3. The molecule has 0 bridgehead atoms. The van der Waals surface area contributed by atoms with Gasteiger partial charge in [0.25, 0.3) is 0 Å². The summed E-state index contributed by atoms with van der Waals surface area (Å²) in [6, 6.07) is 3.51. The molecule has 2 N–H and O–H groups in total. The Balaban J connectivity index is 1.70. The molecule has 3 rings (SSSR count). The van der Waals surface area contributed by atoms with Crippen molar-refractivity contribution in [2.24, 2.45) is 0 Å². The van der Waals surface area contributed by atoms with Crippen molar-refractivity contribution in [3.8, 4) is 0 Å². The first-order chi connectivity index (χ1) is 12.3. The lowest BCUT2D eigenvalue weighted by Gasteiger charge is -2.34. The highest BCUT2D eigenvalue weighted by molar-refractivity contribution is 7.89. The van der Waals surface area contributed by atoms with E-state index in [0.29, 0.717) is 23.7 Å². The number of aryl methyl sites for hydroxylation is 3. The Hall–Kier alpha value is -2.39. The van der Waals surface area contributed by atoms with Crippen molar-refractivity contribution in [3.05, 3.63) is 41.2 Å². The van der Waals surface area contributed by atoms with E-state index < -0.39 is 10.0 Å². The molecule has 1 aromatic heterocycles. The van der Waals surface area contributed by atoms with Crippen molar-refractivity contribution in [1.29, 1.82) is 0 Å². The van der Waals surface area contributed by atoms with Crippen molar-refractivity contribution < 1.29 is 13.2 Å². The van der Waals surface area contributed by atoms with Crippen LogP contribution in [0.1, 0.15) is 16.7 Å². The zero-order chi connectivity index (χ0) is 18.9. The molecule has 0 unspecified atom stereocenters. The third-order valence-electron chi connectivity index (χ3n) is 4.48. The largest absolute Gasteiger partial charge is 0.322 e. The molecule has 0 saturated carbocycles. The molecule has 2 aromatic rings. The van der Waals surface area contributed by atoms with E-state index in [2.05, 4.69) is 15.5 Å². The van der Waals surface area contributed by atoms with Gasteiger partial charge in [0.2, 0.25) is 10.0 Å². The van der Waals surface area contributed by atoms with Gasteiger partial charge in [-0.15, -0.1) is 0 Å². The van der Waals surface area contributed by atoms with E-state index in [9.17, 15) is 13.2 Å². The lowest BCUT2D eigenvalue weighted by atomic mass is 10.1. The number of piperazine rings is 1. The molecule has 9 heteroatoms. The van der Waals surface area contributed by atoms with Crippen molar-refractivity contribution in [2.45, 2.75) is 25.7 Å². The van der Waals surface area contributed by atoms with Crippen LogP contribution in [0.2, 0.25) is 0 Å². The zero-order valence-corrected chi connectivity index (χ0v) is 15.9. The van der Waals surface area contributed by atoms with Crippen LogP contribution in [-0.2, 0) is 10.0 Å². The molecule has 1 aromatic carbocycles. The van der Waals surface area contributed by atoms with Crippen LogP contribution in [0.25, 0.3) is 0 Å². The van der Waals surface area contributed by atoms with Gasteiger partial charge in [-0.05, 0) is 31.9 Å². The molecule has 1 aliphatic heterocycles. The highest BCUT2D eigenvalue weighted by Gasteiger charge is 2.32. The molecule has 1 aliphatic rings. The summed E-state index contributed by atoms with van der Waals surface area (Å²) < 4.78 is 27.6. The van der Waals surface area contributed by atoms with Gasteiger partial charge < -0.3 is 10.2 Å². The molecular weight excluding hydrogens is 354 g/mol. The second-order valence-corrected chi connectivity index (χ2v) is 8.41. The Kier molecular flexibility index (Phi) is 5.01. The molecular formula is C17H23N5O3S. The van der Waals surface area contributed by atoms with Gasteiger partial charge in [-0.2, -0.15) is 9.40 Å². The van der Waals surface area contributed by atoms with Crippen LogP contribution in [0.5, 0.6) is 0 Å². The average Bonchev–Trinajstić information content (AvgIpc) is 3.06. The monoisotopic (exact) mass is 377 g/mol. The third kappa shape index (κ3) is 3.58. The summed E-state index contributed by atoms with van der Waals surface area (Å²) in [4.78, 5) is 14.2. The molecule has 1 saturated heterocycles. The molecule has 0 radical (unpaired) electrons. The third-order valence-corrected chi connectivity index (χ3v) is 6.68. The topological polar surface area (TPSA) is 98.4 Å². The molecule has 0 spiro atoms. The van der Waals surface area contributed by atoms with E-state index in [1.165, 1.54) is 10.5 Å². The molecule has 2 heterocycles. The number of carbonyl (C=O) groups excluding carboxylic acids is 1. The Labute approximate surface area is 153 Å². The Morgan fingerprint density at radius 3 is 2.27 bits per heavy atom. The Bertz CT molecular complexity index is 877. The van der Waals surface area contributed by atoms with Gasteiger partial charge in [-0.25, -0.2) is 13.2 Å². The van der Waals surface area contributed by atoms with E-state index in [-0.39, 0.29) is 19.1 Å². The van der Waals surface area contributed by atoms with Gasteiger partial charge >= 0.3 is 6.03 Å². The number of aromatic nitrogens is 2.